The molecule has 0 rings (SSSR count). The van der Waals surface area contributed by atoms with Crippen molar-refractivity contribution in [3.05, 3.63) is 0 Å². The van der Waals surface area contributed by atoms with Gasteiger partial charge in [0.2, 0.25) is 0 Å². The van der Waals surface area contributed by atoms with E-state index in [0.717, 1.165) is 17.1 Å². The Morgan fingerprint density at radius 1 is 1.00 bits per heavy atom. The molecule has 0 aliphatic carbocycles. The van der Waals surface area contributed by atoms with E-state index >= 15 is 0 Å². The van der Waals surface area contributed by atoms with Crippen molar-refractivity contribution in [2.24, 2.45) is 0 Å². The maximum absolute atomic E-state index is 2.18. The molecule has 52 valence electrons. The van der Waals surface area contributed by atoms with Crippen LogP contribution in [0.4, 0.5) is 0 Å². The molecular weight excluding hydrogens is 160 g/mol. The summed E-state index contributed by atoms with van der Waals surface area (Å²) in [6, 6.07) is 0. The van der Waals surface area contributed by atoms with Gasteiger partial charge >= 0.3 is 0 Å². The van der Waals surface area contributed by atoms with Crippen LogP contribution in [0.25, 0.3) is 0 Å². The van der Waals surface area contributed by atoms with E-state index in [4.69, 9.17) is 0 Å². The fraction of sp³-hybridized carbons (Fsp3) is 1.00. The lowest BCUT2D eigenvalue weighted by Crippen LogP contribution is -2.00. The monoisotopic (exact) mass is 180 g/mol. The van der Waals surface area contributed by atoms with Gasteiger partial charge in [-0.05, 0) is 36.6 Å². The minimum Gasteiger partial charge on any atom is -0.0654 e. The highest BCUT2D eigenvalue weighted by atomic mass is 29.7. The molecule has 0 saturated heterocycles. The van der Waals surface area contributed by atoms with E-state index in [1.165, 1.54) is 12.8 Å². The van der Waals surface area contributed by atoms with Gasteiger partial charge in [0.15, 0.2) is 0 Å². The SMILES string of the molecule is CCCC.[SiH3][SiH2][SiH2][SiH3]. The highest BCUT2D eigenvalue weighted by molar-refractivity contribution is 7.37. The van der Waals surface area contributed by atoms with Crippen LogP contribution in [-0.4, -0.2) is 36.6 Å². The highest BCUT2D eigenvalue weighted by Gasteiger charge is 1.61. The maximum Gasteiger partial charge on any atom is -0.00991 e. The first-order valence-corrected chi connectivity index (χ1v) is 19.1. The summed E-state index contributed by atoms with van der Waals surface area (Å²) < 4.78 is 0. The minimum atomic E-state index is 0.764. The average molecular weight is 181 g/mol. The second-order valence-electron chi connectivity index (χ2n) is 2.00. The zero-order valence-corrected chi connectivity index (χ0v) is 13.7. The van der Waals surface area contributed by atoms with Gasteiger partial charge in [0.05, 0.1) is 0 Å². The summed E-state index contributed by atoms with van der Waals surface area (Å²) >= 11 is 0. The van der Waals surface area contributed by atoms with E-state index in [9.17, 15) is 0 Å². The molecule has 0 aromatic carbocycles. The van der Waals surface area contributed by atoms with Gasteiger partial charge < -0.3 is 0 Å². The first kappa shape index (κ1) is 11.6. The summed E-state index contributed by atoms with van der Waals surface area (Å²) in [7, 11) is 4.78. The molecule has 0 unspecified atom stereocenters. The van der Waals surface area contributed by atoms with Crippen molar-refractivity contribution in [1.29, 1.82) is 0 Å². The van der Waals surface area contributed by atoms with Gasteiger partial charge in [0.25, 0.3) is 0 Å². The molecule has 0 radical (unpaired) electrons. The first-order valence-electron chi connectivity index (χ1n) is 3.83. The van der Waals surface area contributed by atoms with Crippen molar-refractivity contribution in [1.82, 2.24) is 0 Å². The molecule has 0 saturated carbocycles. The predicted molar refractivity (Wildman–Crippen MR) is 57.5 cm³/mol. The van der Waals surface area contributed by atoms with Gasteiger partial charge in [0.1, 0.15) is 0 Å². The van der Waals surface area contributed by atoms with Crippen LogP contribution in [0.2, 0.25) is 0 Å². The molecule has 0 aliphatic heterocycles. The smallest absolute Gasteiger partial charge is 0.00991 e. The Bertz CT molecular complexity index is 16.0. The Balaban J connectivity index is 0. The molecule has 0 heterocycles. The largest absolute Gasteiger partial charge is 0.0654 e. The van der Waals surface area contributed by atoms with Crippen LogP contribution < -0.4 is 0 Å². The van der Waals surface area contributed by atoms with Crippen LogP contribution in [0.1, 0.15) is 26.7 Å². The number of hydrogen-bond acceptors (Lipinski definition) is 0. The summed E-state index contributed by atoms with van der Waals surface area (Å²) in [5.41, 5.74) is 0. The third-order valence-electron chi connectivity index (χ3n) is 1.000. The molecule has 8 heavy (non-hydrogen) atoms. The molecular formula is C4H20Si4. The quantitative estimate of drug-likeness (QED) is 0.416. The molecule has 0 nitrogen and oxygen atoms in total. The molecule has 0 bridgehead atoms. The molecule has 0 aromatic heterocycles. The van der Waals surface area contributed by atoms with Crippen LogP contribution >= 0.6 is 0 Å². The second kappa shape index (κ2) is 15.7. The molecule has 0 aliphatic rings. The van der Waals surface area contributed by atoms with E-state index in [1.54, 1.807) is 19.5 Å². The van der Waals surface area contributed by atoms with Crippen molar-refractivity contribution in [2.45, 2.75) is 26.7 Å². The van der Waals surface area contributed by atoms with Crippen LogP contribution in [0, 0.1) is 0 Å². The standard InChI is InChI=1S/C4H10.H10Si4/c2*1-3-4-2/h2*3-4H2,1-2H3. The predicted octanol–water partition coefficient (Wildman–Crippen LogP) is -2.39. The van der Waals surface area contributed by atoms with Gasteiger partial charge in [-0.25, -0.2) is 0 Å². The lowest BCUT2D eigenvalue weighted by molar-refractivity contribution is 0.886. The number of rotatable bonds is 2. The van der Waals surface area contributed by atoms with Gasteiger partial charge in [-0.2, -0.15) is 0 Å². The van der Waals surface area contributed by atoms with Crippen molar-refractivity contribution >= 4 is 36.6 Å². The van der Waals surface area contributed by atoms with Crippen LogP contribution in [0.5, 0.6) is 0 Å². The molecule has 0 spiro atoms. The highest BCUT2D eigenvalue weighted by Crippen LogP contribution is 1.76. The van der Waals surface area contributed by atoms with Crippen LogP contribution in [0.15, 0.2) is 0 Å². The molecule has 0 atom stereocenters. The second-order valence-corrected chi connectivity index (χ2v) is 28.0. The third-order valence-corrected chi connectivity index (χ3v) is 41.0. The third kappa shape index (κ3) is 28.8. The fourth-order valence-electron chi connectivity index (χ4n) is 0. The van der Waals surface area contributed by atoms with Crippen LogP contribution in [0.3, 0.4) is 0 Å². The van der Waals surface area contributed by atoms with Gasteiger partial charge in [-0.15, -0.1) is 0 Å². The van der Waals surface area contributed by atoms with Gasteiger partial charge in [-0.3, -0.25) is 0 Å². The van der Waals surface area contributed by atoms with Crippen molar-refractivity contribution < 1.29 is 0 Å². The summed E-state index contributed by atoms with van der Waals surface area (Å²) in [4.78, 5) is 0. The van der Waals surface area contributed by atoms with Crippen LogP contribution in [-0.2, 0) is 0 Å². The maximum atomic E-state index is 2.18. The Labute approximate surface area is 63.7 Å². The topological polar surface area (TPSA) is 0 Å². The Hall–Kier alpha value is 0.868. The van der Waals surface area contributed by atoms with E-state index in [-0.39, 0.29) is 0 Å². The zero-order valence-electron chi connectivity index (χ0n) is 6.83. The molecule has 0 N–H and O–H groups in total. The Kier molecular flexibility index (Phi) is 22.8. The Morgan fingerprint density at radius 3 is 1.25 bits per heavy atom. The molecule has 0 amide bonds. The summed E-state index contributed by atoms with van der Waals surface area (Å²) in [6.07, 6.45) is 2.64. The number of unbranched alkanes of at least 4 members (excludes halogenated alkanes) is 1. The average Bonchev–Trinajstić information content (AvgIpc) is 1.88. The zero-order chi connectivity index (χ0) is 6.83. The summed E-state index contributed by atoms with van der Waals surface area (Å²) in [5.74, 6) is 0. The van der Waals surface area contributed by atoms with Crippen molar-refractivity contribution in [3.8, 4) is 0 Å². The molecule has 0 fully saturated rings. The minimum absolute atomic E-state index is 0.764. The number of hydrogen-bond donors (Lipinski definition) is 0. The summed E-state index contributed by atoms with van der Waals surface area (Å²) in [6.45, 7) is 4.36. The molecule has 4 heteroatoms. The Morgan fingerprint density at radius 2 is 1.25 bits per heavy atom. The van der Waals surface area contributed by atoms with Crippen molar-refractivity contribution in [3.63, 3.8) is 0 Å². The van der Waals surface area contributed by atoms with E-state index in [2.05, 4.69) is 13.8 Å². The first-order chi connectivity index (χ1) is 3.83. The van der Waals surface area contributed by atoms with Gasteiger partial charge in [0, 0.05) is 0 Å². The lowest BCUT2D eigenvalue weighted by Gasteiger charge is -1.68. The summed E-state index contributed by atoms with van der Waals surface area (Å²) in [5, 5.41) is 0. The van der Waals surface area contributed by atoms with Gasteiger partial charge in [-0.1, -0.05) is 26.7 Å². The molecule has 0 aromatic rings. The normalized spacial score (nSPS) is 11.2. The fourth-order valence-corrected chi connectivity index (χ4v) is 0. The van der Waals surface area contributed by atoms with E-state index in [0.29, 0.717) is 0 Å². The van der Waals surface area contributed by atoms with Crippen molar-refractivity contribution in [2.75, 3.05) is 0 Å². The van der Waals surface area contributed by atoms with E-state index in [1.807, 2.05) is 0 Å². The lowest BCUT2D eigenvalue weighted by atomic mass is 10.4. The van der Waals surface area contributed by atoms with E-state index < -0.39 is 0 Å².